The quantitative estimate of drug-likeness (QED) is 0.458. The van der Waals surface area contributed by atoms with Crippen molar-refractivity contribution in [2.75, 3.05) is 10.6 Å². The molecule has 4 rings (SSSR count). The second kappa shape index (κ2) is 9.48. The lowest BCUT2D eigenvalue weighted by Crippen LogP contribution is -2.34. The van der Waals surface area contributed by atoms with Gasteiger partial charge in [-0.05, 0) is 36.8 Å². The van der Waals surface area contributed by atoms with E-state index >= 15 is 0 Å². The summed E-state index contributed by atoms with van der Waals surface area (Å²) in [5.74, 6) is -0.541. The Kier molecular flexibility index (Phi) is 6.31. The molecule has 0 saturated carbocycles. The summed E-state index contributed by atoms with van der Waals surface area (Å²) in [5, 5.41) is 5.66. The van der Waals surface area contributed by atoms with Crippen LogP contribution in [0.3, 0.4) is 0 Å². The van der Waals surface area contributed by atoms with E-state index in [0.717, 1.165) is 0 Å². The van der Waals surface area contributed by atoms with Crippen LogP contribution in [-0.4, -0.2) is 21.4 Å². The van der Waals surface area contributed by atoms with Gasteiger partial charge in [0, 0.05) is 18.2 Å². The van der Waals surface area contributed by atoms with Crippen molar-refractivity contribution in [2.45, 2.75) is 26.3 Å². The third kappa shape index (κ3) is 4.52. The van der Waals surface area contributed by atoms with Gasteiger partial charge in [-0.25, -0.2) is 4.98 Å². The summed E-state index contributed by atoms with van der Waals surface area (Å²) in [6.07, 6.45) is 0.402. The molecule has 0 radical (unpaired) electrons. The van der Waals surface area contributed by atoms with Crippen LogP contribution in [0, 0.1) is 0 Å². The summed E-state index contributed by atoms with van der Waals surface area (Å²) in [4.78, 5) is 43.4. The minimum atomic E-state index is -0.753. The number of carbonyl (C=O) groups is 2. The highest BCUT2D eigenvalue weighted by atomic mass is 16.2. The Morgan fingerprint density at radius 1 is 0.909 bits per heavy atom. The Morgan fingerprint density at radius 2 is 1.58 bits per heavy atom. The Hall–Kier alpha value is -4.26. The van der Waals surface area contributed by atoms with Gasteiger partial charge in [0.15, 0.2) is 0 Å². The van der Waals surface area contributed by atoms with E-state index in [1.807, 2.05) is 37.3 Å². The average Bonchev–Trinajstić information content (AvgIpc) is 2.81. The van der Waals surface area contributed by atoms with Crippen LogP contribution in [0.15, 0.2) is 83.7 Å². The van der Waals surface area contributed by atoms with Crippen molar-refractivity contribution in [3.8, 4) is 11.3 Å². The number of fused-ring (bicyclic) bond motifs is 1. The van der Waals surface area contributed by atoms with Crippen molar-refractivity contribution < 1.29 is 9.59 Å². The number of aromatic nitrogens is 2. The molecule has 2 amide bonds. The molecule has 166 valence electrons. The van der Waals surface area contributed by atoms with Gasteiger partial charge in [0.25, 0.3) is 5.56 Å². The Balaban J connectivity index is 1.90. The van der Waals surface area contributed by atoms with Gasteiger partial charge in [-0.1, -0.05) is 55.5 Å². The monoisotopic (exact) mass is 440 g/mol. The van der Waals surface area contributed by atoms with E-state index in [0.29, 0.717) is 34.4 Å². The van der Waals surface area contributed by atoms with Crippen LogP contribution in [0.25, 0.3) is 22.3 Å². The van der Waals surface area contributed by atoms with Gasteiger partial charge >= 0.3 is 0 Å². The minimum absolute atomic E-state index is 0.170. The van der Waals surface area contributed by atoms with Gasteiger partial charge in [0.05, 0.1) is 16.7 Å². The second-order valence-electron chi connectivity index (χ2n) is 7.63. The highest BCUT2D eigenvalue weighted by Gasteiger charge is 2.25. The third-order valence-electron chi connectivity index (χ3n) is 5.33. The van der Waals surface area contributed by atoms with E-state index in [9.17, 15) is 14.4 Å². The fraction of sp³-hybridized carbons (Fsp3) is 0.154. The number of nitrogens with one attached hydrogen (secondary N) is 2. The lowest BCUT2D eigenvalue weighted by atomic mass is 10.1. The molecule has 0 bridgehead atoms. The topological polar surface area (TPSA) is 93.1 Å². The summed E-state index contributed by atoms with van der Waals surface area (Å²) >= 11 is 0. The summed E-state index contributed by atoms with van der Waals surface area (Å²) in [6.45, 7) is 3.27. The number of hydrogen-bond acceptors (Lipinski definition) is 4. The predicted molar refractivity (Wildman–Crippen MR) is 130 cm³/mol. The zero-order valence-corrected chi connectivity index (χ0v) is 18.4. The van der Waals surface area contributed by atoms with Crippen molar-refractivity contribution in [3.05, 3.63) is 89.2 Å². The maximum absolute atomic E-state index is 13.8. The van der Waals surface area contributed by atoms with E-state index < -0.39 is 11.6 Å². The number of benzene rings is 3. The summed E-state index contributed by atoms with van der Waals surface area (Å²) in [5.41, 5.74) is 2.55. The first kappa shape index (κ1) is 22.0. The number of rotatable bonds is 6. The van der Waals surface area contributed by atoms with Gasteiger partial charge in [-0.15, -0.1) is 0 Å². The third-order valence-corrected chi connectivity index (χ3v) is 5.33. The van der Waals surface area contributed by atoms with E-state index in [4.69, 9.17) is 0 Å². The molecule has 4 aromatic rings. The van der Waals surface area contributed by atoms with Crippen LogP contribution in [0.1, 0.15) is 26.3 Å². The molecule has 0 fully saturated rings. The molecule has 0 saturated heterocycles. The van der Waals surface area contributed by atoms with Crippen LogP contribution < -0.4 is 16.2 Å². The number of para-hydroxylation sites is 4. The molecule has 1 atom stereocenters. The average molecular weight is 441 g/mol. The number of amides is 2. The van der Waals surface area contributed by atoms with Gasteiger partial charge in [-0.2, -0.15) is 0 Å². The molecule has 0 aliphatic carbocycles. The fourth-order valence-electron chi connectivity index (χ4n) is 3.86. The van der Waals surface area contributed by atoms with Crippen LogP contribution in [0.4, 0.5) is 11.4 Å². The standard InChI is InChI=1S/C26H24N4O3/c1-3-22(25(32)28-18-11-5-4-6-12-18)30-23-16-10-9-15-21(23)29-24(26(30)33)19-13-7-8-14-20(19)27-17(2)31/h4-16,22H,3H2,1-2H3,(H,27,31)(H,28,32)/t22-/m0/s1. The van der Waals surface area contributed by atoms with E-state index in [-0.39, 0.29) is 17.5 Å². The first-order valence-corrected chi connectivity index (χ1v) is 10.7. The lowest BCUT2D eigenvalue weighted by Gasteiger charge is -2.21. The molecule has 1 heterocycles. The van der Waals surface area contributed by atoms with Crippen molar-refractivity contribution in [2.24, 2.45) is 0 Å². The fourth-order valence-corrected chi connectivity index (χ4v) is 3.86. The maximum atomic E-state index is 13.8. The van der Waals surface area contributed by atoms with E-state index in [1.54, 1.807) is 48.5 Å². The summed E-state index contributed by atoms with van der Waals surface area (Å²) in [6, 6.07) is 22.6. The summed E-state index contributed by atoms with van der Waals surface area (Å²) < 4.78 is 1.50. The second-order valence-corrected chi connectivity index (χ2v) is 7.63. The van der Waals surface area contributed by atoms with Crippen LogP contribution in [-0.2, 0) is 9.59 Å². The van der Waals surface area contributed by atoms with Crippen molar-refractivity contribution in [1.29, 1.82) is 0 Å². The molecule has 0 spiro atoms. The van der Waals surface area contributed by atoms with Crippen LogP contribution in [0.2, 0.25) is 0 Å². The molecule has 33 heavy (non-hydrogen) atoms. The van der Waals surface area contributed by atoms with E-state index in [1.165, 1.54) is 11.5 Å². The molecular formula is C26H24N4O3. The number of carbonyl (C=O) groups excluding carboxylic acids is 2. The zero-order chi connectivity index (χ0) is 23.4. The molecular weight excluding hydrogens is 416 g/mol. The molecule has 0 unspecified atom stereocenters. The molecule has 0 aliphatic heterocycles. The van der Waals surface area contributed by atoms with Gasteiger partial charge in [0.2, 0.25) is 11.8 Å². The number of nitrogens with zero attached hydrogens (tertiary/aromatic N) is 2. The zero-order valence-electron chi connectivity index (χ0n) is 18.4. The van der Waals surface area contributed by atoms with Gasteiger partial charge < -0.3 is 10.6 Å². The Morgan fingerprint density at radius 3 is 2.30 bits per heavy atom. The Bertz CT molecular complexity index is 1380. The van der Waals surface area contributed by atoms with Crippen LogP contribution >= 0.6 is 0 Å². The lowest BCUT2D eigenvalue weighted by molar-refractivity contribution is -0.119. The smallest absolute Gasteiger partial charge is 0.278 e. The molecule has 7 heteroatoms. The molecule has 0 aliphatic rings. The number of hydrogen-bond donors (Lipinski definition) is 2. The predicted octanol–water partition coefficient (Wildman–Crippen LogP) is 4.61. The normalized spacial score (nSPS) is 11.7. The number of anilines is 2. The van der Waals surface area contributed by atoms with Gasteiger partial charge in [-0.3, -0.25) is 19.0 Å². The van der Waals surface area contributed by atoms with E-state index in [2.05, 4.69) is 15.6 Å². The molecule has 2 N–H and O–H groups in total. The maximum Gasteiger partial charge on any atom is 0.278 e. The minimum Gasteiger partial charge on any atom is -0.326 e. The van der Waals surface area contributed by atoms with Crippen LogP contribution in [0.5, 0.6) is 0 Å². The molecule has 1 aromatic heterocycles. The van der Waals surface area contributed by atoms with Gasteiger partial charge in [0.1, 0.15) is 11.7 Å². The van der Waals surface area contributed by atoms with Crippen molar-refractivity contribution in [3.63, 3.8) is 0 Å². The molecule has 7 nitrogen and oxygen atoms in total. The first-order valence-electron chi connectivity index (χ1n) is 10.7. The largest absolute Gasteiger partial charge is 0.326 e. The van der Waals surface area contributed by atoms with Crippen molar-refractivity contribution in [1.82, 2.24) is 9.55 Å². The Labute approximate surface area is 191 Å². The molecule has 3 aromatic carbocycles. The highest BCUT2D eigenvalue weighted by Crippen LogP contribution is 2.27. The van der Waals surface area contributed by atoms with Crippen molar-refractivity contribution >= 4 is 34.2 Å². The highest BCUT2D eigenvalue weighted by molar-refractivity contribution is 5.96. The SMILES string of the molecule is CC[C@@H](C(=O)Nc1ccccc1)n1c(=O)c(-c2ccccc2NC(C)=O)nc2ccccc21. The first-order chi connectivity index (χ1) is 16.0. The summed E-state index contributed by atoms with van der Waals surface area (Å²) in [7, 11) is 0.